The number of nitrogens with zero attached hydrogens (tertiary/aromatic N) is 4. The monoisotopic (exact) mass is 393 g/mol. The zero-order valence-corrected chi connectivity index (χ0v) is 16.0. The molecule has 0 aliphatic carbocycles. The number of pyridine rings is 1. The first-order chi connectivity index (χ1) is 13.0. The Labute approximate surface area is 159 Å². The molecule has 0 spiro atoms. The van der Waals surface area contributed by atoms with Gasteiger partial charge in [0.1, 0.15) is 0 Å². The number of thiophene rings is 1. The van der Waals surface area contributed by atoms with E-state index in [0.717, 1.165) is 4.88 Å². The molecule has 0 radical (unpaired) electrons. The van der Waals surface area contributed by atoms with Crippen molar-refractivity contribution in [2.75, 3.05) is 26.7 Å². The molecule has 3 heterocycles. The van der Waals surface area contributed by atoms with Gasteiger partial charge in [-0.05, 0) is 31.5 Å². The summed E-state index contributed by atoms with van der Waals surface area (Å²) in [5, 5.41) is 9.75. The predicted octanol–water partition coefficient (Wildman–Crippen LogP) is 3.11. The smallest absolute Gasteiger partial charge is 0.252 e. The summed E-state index contributed by atoms with van der Waals surface area (Å²) in [6, 6.07) is 5.64. The number of likely N-dealkylation sites (N-methyl/N-ethyl adjacent to an activating group) is 1. The number of rotatable bonds is 8. The van der Waals surface area contributed by atoms with E-state index in [-0.39, 0.29) is 19.0 Å². The number of carbonyl (C=O) groups is 1. The summed E-state index contributed by atoms with van der Waals surface area (Å²) in [4.78, 5) is 19.9. The maximum Gasteiger partial charge on any atom is 0.252 e. The summed E-state index contributed by atoms with van der Waals surface area (Å²) in [5.41, 5.74) is 1.86. The van der Waals surface area contributed by atoms with Crippen molar-refractivity contribution < 1.29 is 13.6 Å². The number of amides is 1. The lowest BCUT2D eigenvalue weighted by Gasteiger charge is -2.16. The van der Waals surface area contributed by atoms with Crippen LogP contribution in [0.3, 0.4) is 0 Å². The first-order valence-corrected chi connectivity index (χ1v) is 9.53. The molecule has 9 heteroatoms. The zero-order valence-electron chi connectivity index (χ0n) is 15.2. The van der Waals surface area contributed by atoms with E-state index >= 15 is 0 Å². The molecule has 0 aromatic carbocycles. The lowest BCUT2D eigenvalue weighted by molar-refractivity contribution is 0.0921. The fraction of sp³-hybridized carbons (Fsp3) is 0.389. The lowest BCUT2D eigenvalue weighted by Crippen LogP contribution is -2.35. The average Bonchev–Trinajstić information content (AvgIpc) is 3.29. The number of hydrogen-bond acceptors (Lipinski definition) is 5. The Hall–Kier alpha value is -2.39. The van der Waals surface area contributed by atoms with Crippen LogP contribution in [0.2, 0.25) is 0 Å². The van der Waals surface area contributed by atoms with Crippen molar-refractivity contribution >= 4 is 28.3 Å². The third-order valence-corrected chi connectivity index (χ3v) is 5.05. The Morgan fingerprint density at radius 1 is 1.44 bits per heavy atom. The molecule has 3 aromatic heterocycles. The molecule has 0 atom stereocenters. The number of hydrogen-bond donors (Lipinski definition) is 1. The van der Waals surface area contributed by atoms with Crippen LogP contribution in [0.25, 0.3) is 21.6 Å². The van der Waals surface area contributed by atoms with Crippen molar-refractivity contribution in [1.82, 2.24) is 25.0 Å². The van der Waals surface area contributed by atoms with Crippen molar-refractivity contribution in [3.05, 3.63) is 35.3 Å². The van der Waals surface area contributed by atoms with Gasteiger partial charge in [-0.15, -0.1) is 11.3 Å². The van der Waals surface area contributed by atoms with Crippen LogP contribution in [0.4, 0.5) is 8.78 Å². The number of carbonyl (C=O) groups excluding carboxylic acids is 1. The van der Waals surface area contributed by atoms with E-state index in [1.165, 1.54) is 4.90 Å². The Balaban J connectivity index is 1.84. The van der Waals surface area contributed by atoms with Crippen LogP contribution in [-0.2, 0) is 6.54 Å². The summed E-state index contributed by atoms with van der Waals surface area (Å²) >= 11 is 1.55. The van der Waals surface area contributed by atoms with Crippen LogP contribution in [0, 0.1) is 0 Å². The highest BCUT2D eigenvalue weighted by atomic mass is 32.1. The highest BCUT2D eigenvalue weighted by Crippen LogP contribution is 2.27. The van der Waals surface area contributed by atoms with Gasteiger partial charge in [-0.2, -0.15) is 5.10 Å². The largest absolute Gasteiger partial charge is 0.351 e. The van der Waals surface area contributed by atoms with Crippen LogP contribution in [0.5, 0.6) is 0 Å². The molecule has 3 aromatic rings. The molecule has 1 N–H and O–H groups in total. The van der Waals surface area contributed by atoms with Gasteiger partial charge in [0.15, 0.2) is 5.65 Å². The predicted molar refractivity (Wildman–Crippen MR) is 102 cm³/mol. The minimum Gasteiger partial charge on any atom is -0.351 e. The van der Waals surface area contributed by atoms with Gasteiger partial charge in [0.2, 0.25) is 0 Å². The number of aromatic nitrogens is 3. The fourth-order valence-corrected chi connectivity index (χ4v) is 3.49. The molecule has 144 valence electrons. The number of halogens is 2. The molecular formula is C18H21F2N5OS. The molecule has 0 saturated heterocycles. The number of aryl methyl sites for hydroxylation is 1. The van der Waals surface area contributed by atoms with Gasteiger partial charge in [0.05, 0.1) is 34.3 Å². The maximum atomic E-state index is 12.7. The Morgan fingerprint density at radius 2 is 2.26 bits per heavy atom. The van der Waals surface area contributed by atoms with E-state index in [0.29, 0.717) is 35.4 Å². The first kappa shape index (κ1) is 19.4. The van der Waals surface area contributed by atoms with Crippen molar-refractivity contribution in [2.24, 2.45) is 0 Å². The van der Waals surface area contributed by atoms with Crippen LogP contribution >= 0.6 is 11.3 Å². The SMILES string of the molecule is CCn1ncc2c(C(=O)NCCN(C)CC(F)F)cc(-c3cccs3)nc21. The molecule has 0 aliphatic rings. The molecule has 0 fully saturated rings. The number of alkyl halides is 2. The topological polar surface area (TPSA) is 63.1 Å². The molecular weight excluding hydrogens is 372 g/mol. The van der Waals surface area contributed by atoms with Gasteiger partial charge in [-0.1, -0.05) is 6.07 Å². The minimum absolute atomic E-state index is 0.263. The van der Waals surface area contributed by atoms with E-state index in [2.05, 4.69) is 15.4 Å². The van der Waals surface area contributed by atoms with Gasteiger partial charge < -0.3 is 5.32 Å². The quantitative estimate of drug-likeness (QED) is 0.639. The molecule has 0 aliphatic heterocycles. The maximum absolute atomic E-state index is 12.7. The van der Waals surface area contributed by atoms with E-state index in [1.807, 2.05) is 24.4 Å². The van der Waals surface area contributed by atoms with Crippen LogP contribution in [0.15, 0.2) is 29.8 Å². The van der Waals surface area contributed by atoms with Crippen molar-refractivity contribution in [3.63, 3.8) is 0 Å². The second-order valence-electron chi connectivity index (χ2n) is 6.14. The standard InChI is InChI=1S/C18H21F2N5OS/c1-3-25-17-13(10-22-25)12(9-14(23-17)15-5-4-8-27-15)18(26)21-6-7-24(2)11-16(19)20/h4-5,8-10,16H,3,6-7,11H2,1-2H3,(H,21,26). The third kappa shape index (κ3) is 4.48. The van der Waals surface area contributed by atoms with Gasteiger partial charge in [0, 0.05) is 19.6 Å². The van der Waals surface area contributed by atoms with Crippen LogP contribution in [-0.4, -0.2) is 58.7 Å². The lowest BCUT2D eigenvalue weighted by atomic mass is 10.1. The van der Waals surface area contributed by atoms with Crippen molar-refractivity contribution in [1.29, 1.82) is 0 Å². The number of fused-ring (bicyclic) bond motifs is 1. The summed E-state index contributed by atoms with van der Waals surface area (Å²) < 4.78 is 26.5. The van der Waals surface area contributed by atoms with E-state index in [9.17, 15) is 13.6 Å². The molecule has 3 rings (SSSR count). The molecule has 0 bridgehead atoms. The van der Waals surface area contributed by atoms with Gasteiger partial charge in [-0.3, -0.25) is 9.69 Å². The number of nitrogens with one attached hydrogen (secondary N) is 1. The molecule has 6 nitrogen and oxygen atoms in total. The highest BCUT2D eigenvalue weighted by molar-refractivity contribution is 7.13. The first-order valence-electron chi connectivity index (χ1n) is 8.65. The average molecular weight is 393 g/mol. The summed E-state index contributed by atoms with van der Waals surface area (Å²) in [5.74, 6) is -0.263. The third-order valence-electron chi connectivity index (χ3n) is 4.16. The van der Waals surface area contributed by atoms with E-state index in [1.54, 1.807) is 35.3 Å². The summed E-state index contributed by atoms with van der Waals surface area (Å²) in [6.07, 6.45) is -0.749. The fourth-order valence-electron chi connectivity index (χ4n) is 2.80. The van der Waals surface area contributed by atoms with Crippen molar-refractivity contribution in [2.45, 2.75) is 19.9 Å². The summed E-state index contributed by atoms with van der Waals surface area (Å²) in [7, 11) is 1.60. The Kier molecular flexibility index (Phi) is 6.12. The Morgan fingerprint density at radius 3 is 2.93 bits per heavy atom. The minimum atomic E-state index is -2.39. The summed E-state index contributed by atoms with van der Waals surface area (Å²) in [6.45, 7) is 2.91. The highest BCUT2D eigenvalue weighted by Gasteiger charge is 2.17. The van der Waals surface area contributed by atoms with E-state index in [4.69, 9.17) is 0 Å². The van der Waals surface area contributed by atoms with Gasteiger partial charge in [0.25, 0.3) is 12.3 Å². The van der Waals surface area contributed by atoms with Gasteiger partial charge in [-0.25, -0.2) is 18.4 Å². The second-order valence-corrected chi connectivity index (χ2v) is 7.09. The zero-order chi connectivity index (χ0) is 19.4. The second kappa shape index (κ2) is 8.53. The molecule has 0 saturated carbocycles. The normalized spacial score (nSPS) is 11.6. The van der Waals surface area contributed by atoms with Gasteiger partial charge >= 0.3 is 0 Å². The van der Waals surface area contributed by atoms with Crippen LogP contribution < -0.4 is 5.32 Å². The molecule has 0 unspecified atom stereocenters. The Bertz CT molecular complexity index is 910. The molecule has 1 amide bonds. The van der Waals surface area contributed by atoms with Crippen molar-refractivity contribution in [3.8, 4) is 10.6 Å². The van der Waals surface area contributed by atoms with E-state index < -0.39 is 6.43 Å². The molecule has 27 heavy (non-hydrogen) atoms. The van der Waals surface area contributed by atoms with Crippen LogP contribution in [0.1, 0.15) is 17.3 Å².